The number of rotatable bonds is 2. The smallest absolute Gasteiger partial charge is 0.793 e. The summed E-state index contributed by atoms with van der Waals surface area (Å²) in [5, 5.41) is 3.41. The van der Waals surface area contributed by atoms with E-state index >= 15 is 0 Å². The van der Waals surface area contributed by atoms with E-state index in [-0.39, 0.29) is 47.5 Å². The maximum Gasteiger partial charge on any atom is 1.00 e. The predicted molar refractivity (Wildman–Crippen MR) is 172 cm³/mol. The van der Waals surface area contributed by atoms with Gasteiger partial charge in [-0.1, -0.05) is 13.8 Å². The number of amides is 2. The number of nitrogens with zero attached hydrogens (tertiary/aromatic N) is 2. The van der Waals surface area contributed by atoms with E-state index in [4.69, 9.17) is 15.2 Å². The van der Waals surface area contributed by atoms with Gasteiger partial charge < -0.3 is 43.0 Å². The fraction of sp³-hybridized carbons (Fsp3) is 0.800. The summed E-state index contributed by atoms with van der Waals surface area (Å²) in [6.45, 7) is 23.1. The molecule has 3 radical (unpaired) electrons. The van der Waals surface area contributed by atoms with E-state index in [0.29, 0.717) is 32.0 Å². The molecule has 0 aliphatic carbocycles. The molecule has 267 valence electrons. The molecule has 0 bridgehead atoms. The molecule has 3 N–H and O–H groups in total. The Morgan fingerprint density at radius 3 is 1.34 bits per heavy atom. The summed E-state index contributed by atoms with van der Waals surface area (Å²) in [6, 6.07) is 0.559. The molecule has 17 heteroatoms. The molecule has 2 fully saturated rings. The Balaban J connectivity index is -0.000000271. The zero-order valence-corrected chi connectivity index (χ0v) is 32.7. The number of hydrogen-bond donors (Lipinski definition) is 2. The van der Waals surface area contributed by atoms with Crippen molar-refractivity contribution in [1.82, 2.24) is 15.1 Å². The molecular weight excluding hydrogens is 626 g/mol. The van der Waals surface area contributed by atoms with E-state index in [0.717, 1.165) is 52.9 Å². The summed E-state index contributed by atoms with van der Waals surface area (Å²) < 4.78 is 14.1. The summed E-state index contributed by atoms with van der Waals surface area (Å²) >= 11 is 0. The molecule has 2 saturated heterocycles. The Kier molecular flexibility index (Phi) is 31.3. The van der Waals surface area contributed by atoms with Crippen molar-refractivity contribution < 1.29 is 82.2 Å². The van der Waals surface area contributed by atoms with Crippen molar-refractivity contribution >= 4 is 43.9 Å². The first-order chi connectivity index (χ1) is 21.1. The van der Waals surface area contributed by atoms with Crippen molar-refractivity contribution in [3.05, 3.63) is 0 Å². The second-order valence-electron chi connectivity index (χ2n) is 12.0. The normalized spacial score (nSPS) is 14.2. The van der Waals surface area contributed by atoms with E-state index < -0.39 is 29.1 Å². The average molecular weight is 684 g/mol. The van der Waals surface area contributed by atoms with Gasteiger partial charge in [0.25, 0.3) is 0 Å². The van der Waals surface area contributed by atoms with Crippen LogP contribution in [-0.4, -0.2) is 110 Å². The van der Waals surface area contributed by atoms with Crippen molar-refractivity contribution in [2.45, 2.75) is 119 Å². The van der Waals surface area contributed by atoms with Gasteiger partial charge in [0.15, 0.2) is 0 Å². The molecule has 2 rings (SSSR count). The Labute approximate surface area is 304 Å². The predicted octanol–water partition coefficient (Wildman–Crippen LogP) is 0.211. The first kappa shape index (κ1) is 51.4. The van der Waals surface area contributed by atoms with Crippen LogP contribution in [0.4, 0.5) is 9.59 Å². The summed E-state index contributed by atoms with van der Waals surface area (Å²) in [5.41, 5.74) is 3.99. The summed E-state index contributed by atoms with van der Waals surface area (Å²) in [6.07, 6.45) is 2.46. The molecule has 15 nitrogen and oxygen atoms in total. The molecule has 2 amide bonds. The number of ketones is 1. The zero-order chi connectivity index (χ0) is 36.5. The van der Waals surface area contributed by atoms with Crippen LogP contribution in [0.2, 0.25) is 0 Å². The van der Waals surface area contributed by atoms with Crippen LogP contribution in [0.3, 0.4) is 0 Å². The maximum absolute atomic E-state index is 11.8. The fourth-order valence-electron chi connectivity index (χ4n) is 3.26. The summed E-state index contributed by atoms with van der Waals surface area (Å²) in [5.74, 6) is -1.52. The number of nitrogens with one attached hydrogen (secondary N) is 1. The monoisotopic (exact) mass is 683 g/mol. The van der Waals surface area contributed by atoms with Gasteiger partial charge in [-0.25, -0.2) is 29.0 Å². The number of likely N-dealkylation sites (tertiary alicyclic amines) is 2. The molecule has 0 aromatic rings. The van der Waals surface area contributed by atoms with Crippen LogP contribution in [0.25, 0.3) is 0 Å². The van der Waals surface area contributed by atoms with Gasteiger partial charge in [0.1, 0.15) is 17.0 Å². The number of carbonyl (C=O) groups is 6. The van der Waals surface area contributed by atoms with Crippen molar-refractivity contribution in [2.75, 3.05) is 39.3 Å². The van der Waals surface area contributed by atoms with Crippen molar-refractivity contribution in [3.63, 3.8) is 0 Å². The van der Waals surface area contributed by atoms with Crippen LogP contribution in [0, 0.1) is 0 Å². The van der Waals surface area contributed by atoms with Gasteiger partial charge in [-0.2, -0.15) is 0 Å². The minimum atomic E-state index is -0.639. The maximum atomic E-state index is 11.8. The molecule has 0 atom stereocenters. The number of Topliss-reactive ketones (excluding diaryl/α,β-unsaturated/α-hetero) is 1. The van der Waals surface area contributed by atoms with E-state index in [9.17, 15) is 28.8 Å². The van der Waals surface area contributed by atoms with Crippen molar-refractivity contribution in [2.24, 2.45) is 5.73 Å². The fourth-order valence-corrected chi connectivity index (χ4v) is 3.26. The van der Waals surface area contributed by atoms with Crippen LogP contribution in [0.5, 0.6) is 0 Å². The van der Waals surface area contributed by atoms with Crippen molar-refractivity contribution in [1.29, 1.82) is 0 Å². The number of hydrogen-bond acceptors (Lipinski definition) is 13. The van der Waals surface area contributed by atoms with Gasteiger partial charge in [0.2, 0.25) is 5.97 Å². The molecule has 0 saturated carbocycles. The molecule has 0 aromatic carbocycles. The van der Waals surface area contributed by atoms with Crippen LogP contribution >= 0.6 is 0 Å². The first-order valence-corrected chi connectivity index (χ1v) is 15.3. The van der Waals surface area contributed by atoms with Gasteiger partial charge >= 0.3 is 53.7 Å². The van der Waals surface area contributed by atoms with Crippen LogP contribution < -0.4 is 40.6 Å². The van der Waals surface area contributed by atoms with E-state index in [1.807, 2.05) is 48.5 Å². The van der Waals surface area contributed by atoms with Crippen molar-refractivity contribution in [3.8, 4) is 0 Å². The van der Waals surface area contributed by atoms with Crippen LogP contribution in [0.1, 0.15) is 102 Å². The number of carbonyl (C=O) groups excluding carboxylic acids is 6. The van der Waals surface area contributed by atoms with E-state index in [1.165, 1.54) is 6.92 Å². The third-order valence-electron chi connectivity index (χ3n) is 5.05. The Bertz CT molecular complexity index is 897. The SMILES string of the molecule is CC(=O)OOC(C)=O.CC(C)(C)OC(=O)N1CCC(=O)CC1.CCN.CCNC1CCN(C(=O)OC(C)(C)C)CC1.[B-]OC(C)=O.[Na+]. The molecule has 0 unspecified atom stereocenters. The number of ether oxygens (including phenoxy) is 2. The largest absolute Gasteiger partial charge is 1.00 e. The third-order valence-corrected chi connectivity index (χ3v) is 5.05. The number of nitrogens with two attached hydrogens (primary N) is 1. The van der Waals surface area contributed by atoms with E-state index in [2.05, 4.69) is 34.7 Å². The zero-order valence-electron chi connectivity index (χ0n) is 30.7. The van der Waals surface area contributed by atoms with E-state index in [1.54, 1.807) is 9.80 Å². The Hall–Kier alpha value is -2.40. The van der Waals surface area contributed by atoms with Gasteiger partial charge in [0, 0.05) is 65.8 Å². The topological polar surface area (TPSA) is 193 Å². The molecule has 2 aliphatic heterocycles. The van der Waals surface area contributed by atoms with Gasteiger partial charge in [-0.15, -0.1) is 0 Å². The number of piperidine rings is 2. The molecular formula is C30H57BN4NaO11. The second-order valence-corrected chi connectivity index (χ2v) is 12.0. The second kappa shape index (κ2) is 28.6. The summed E-state index contributed by atoms with van der Waals surface area (Å²) in [4.78, 5) is 74.4. The molecule has 47 heavy (non-hydrogen) atoms. The van der Waals surface area contributed by atoms with Gasteiger partial charge in [-0.3, -0.25) is 9.59 Å². The molecule has 0 aromatic heterocycles. The van der Waals surface area contributed by atoms with Gasteiger partial charge in [0.05, 0.1) is 0 Å². The van der Waals surface area contributed by atoms with Crippen LogP contribution in [-0.2, 0) is 43.1 Å². The third kappa shape index (κ3) is 36.3. The quantitative estimate of drug-likeness (QED) is 0.228. The average Bonchev–Trinajstić information content (AvgIpc) is 2.92. The minimum absolute atomic E-state index is 0. The molecule has 2 aliphatic rings. The van der Waals surface area contributed by atoms with Crippen LogP contribution in [0.15, 0.2) is 0 Å². The Morgan fingerprint density at radius 1 is 0.766 bits per heavy atom. The standard InChI is InChI=1S/C12H24N2O2.C10H17NO3.C4H6O4.C2H3BO2.C2H7N.Na/c1-5-13-10-6-8-14(9-7-10)11(15)16-12(2,3)4;1-10(2,3)14-9(13)11-6-4-8(12)5-7-11;1-3(5)7-8-4(2)6;1-2(4)5-3;1-2-3;/h10,13H,5-9H2,1-4H3;4-7H2,1-3H3;1-2H3;1H3;2-3H2,1H3;/q;;;-1;;+1. The Morgan fingerprint density at radius 2 is 1.09 bits per heavy atom. The van der Waals surface area contributed by atoms with Gasteiger partial charge in [-0.05, 0) is 67.5 Å². The molecule has 2 heterocycles. The molecule has 0 spiro atoms. The minimum Gasteiger partial charge on any atom is -0.793 e. The first-order valence-electron chi connectivity index (χ1n) is 15.3. The summed E-state index contributed by atoms with van der Waals surface area (Å²) in [7, 11) is 4.32.